The van der Waals surface area contributed by atoms with Crippen molar-refractivity contribution in [3.05, 3.63) is 54.1 Å². The summed E-state index contributed by atoms with van der Waals surface area (Å²) >= 11 is 1.62. The average Bonchev–Trinajstić information content (AvgIpc) is 2.88. The summed E-state index contributed by atoms with van der Waals surface area (Å²) in [6.45, 7) is 1.96. The molecule has 3 rings (SSSR count). The van der Waals surface area contributed by atoms with Crippen LogP contribution in [0.1, 0.15) is 12.5 Å². The Bertz CT molecular complexity index is 690. The van der Waals surface area contributed by atoms with E-state index in [0.717, 1.165) is 21.0 Å². The summed E-state index contributed by atoms with van der Waals surface area (Å²) < 4.78 is 4.96. The number of carbonyl (C=O) groups excluding carboxylic acids is 1. The molecule has 4 nitrogen and oxygen atoms in total. The van der Waals surface area contributed by atoms with Gasteiger partial charge in [-0.3, -0.25) is 0 Å². The van der Waals surface area contributed by atoms with Crippen LogP contribution in [0.15, 0.2) is 58.3 Å². The van der Waals surface area contributed by atoms with E-state index in [2.05, 4.69) is 5.32 Å². The standard InChI is InChI=1S/C17H17NO3S/c1-2-21-16(19)17(20)11-13-14(18-17)9-6-10-15(13)22-12-7-4-3-5-8-12/h3-10,18,20H,2,11H2,1H3. The van der Waals surface area contributed by atoms with Crippen molar-refractivity contribution in [2.24, 2.45) is 0 Å². The van der Waals surface area contributed by atoms with Crippen LogP contribution in [0.5, 0.6) is 0 Å². The number of esters is 1. The number of hydrogen-bond acceptors (Lipinski definition) is 5. The lowest BCUT2D eigenvalue weighted by molar-refractivity contribution is -0.161. The minimum Gasteiger partial charge on any atom is -0.462 e. The zero-order valence-corrected chi connectivity index (χ0v) is 13.0. The maximum absolute atomic E-state index is 12.0. The smallest absolute Gasteiger partial charge is 0.359 e. The molecule has 1 heterocycles. The molecule has 0 radical (unpaired) electrons. The Balaban J connectivity index is 1.87. The molecule has 1 unspecified atom stereocenters. The lowest BCUT2D eigenvalue weighted by atomic mass is 10.1. The monoisotopic (exact) mass is 315 g/mol. The van der Waals surface area contributed by atoms with E-state index in [-0.39, 0.29) is 13.0 Å². The van der Waals surface area contributed by atoms with Crippen molar-refractivity contribution in [2.75, 3.05) is 11.9 Å². The van der Waals surface area contributed by atoms with Gasteiger partial charge in [-0.05, 0) is 36.8 Å². The molecule has 1 aliphatic heterocycles. The number of carbonyl (C=O) groups is 1. The molecule has 0 fully saturated rings. The fraction of sp³-hybridized carbons (Fsp3) is 0.235. The number of anilines is 1. The summed E-state index contributed by atoms with van der Waals surface area (Å²) in [7, 11) is 0. The second-order valence-electron chi connectivity index (χ2n) is 5.08. The highest BCUT2D eigenvalue weighted by atomic mass is 32.2. The number of rotatable bonds is 4. The minimum absolute atomic E-state index is 0.206. The summed E-state index contributed by atoms with van der Waals surface area (Å²) in [4.78, 5) is 14.1. The van der Waals surface area contributed by atoms with Gasteiger partial charge < -0.3 is 15.2 Å². The molecule has 0 spiro atoms. The zero-order chi connectivity index (χ0) is 15.6. The van der Waals surface area contributed by atoms with Gasteiger partial charge in [-0.1, -0.05) is 36.0 Å². The summed E-state index contributed by atoms with van der Waals surface area (Å²) in [5, 5.41) is 13.4. The molecule has 0 aliphatic carbocycles. The maximum atomic E-state index is 12.0. The number of aliphatic hydroxyl groups is 1. The molecule has 0 aromatic heterocycles. The van der Waals surface area contributed by atoms with Crippen molar-refractivity contribution in [1.29, 1.82) is 0 Å². The van der Waals surface area contributed by atoms with Gasteiger partial charge in [0.1, 0.15) is 0 Å². The number of ether oxygens (including phenoxy) is 1. The lowest BCUT2D eigenvalue weighted by Crippen LogP contribution is -2.46. The van der Waals surface area contributed by atoms with Gasteiger partial charge in [0.25, 0.3) is 0 Å². The Kier molecular flexibility index (Phi) is 4.09. The van der Waals surface area contributed by atoms with Crippen LogP contribution in [-0.2, 0) is 16.0 Å². The second-order valence-corrected chi connectivity index (χ2v) is 6.20. The number of nitrogens with one attached hydrogen (secondary N) is 1. The Morgan fingerprint density at radius 2 is 2.05 bits per heavy atom. The molecule has 2 aromatic rings. The Morgan fingerprint density at radius 1 is 1.27 bits per heavy atom. The van der Waals surface area contributed by atoms with Crippen molar-refractivity contribution in [3.63, 3.8) is 0 Å². The van der Waals surface area contributed by atoms with Gasteiger partial charge in [0, 0.05) is 21.9 Å². The van der Waals surface area contributed by atoms with Crippen molar-refractivity contribution < 1.29 is 14.6 Å². The van der Waals surface area contributed by atoms with E-state index in [4.69, 9.17) is 4.74 Å². The molecule has 1 atom stereocenters. The fourth-order valence-electron chi connectivity index (χ4n) is 2.47. The summed E-state index contributed by atoms with van der Waals surface area (Å²) in [5.41, 5.74) is 0.0366. The van der Waals surface area contributed by atoms with E-state index >= 15 is 0 Å². The van der Waals surface area contributed by atoms with Crippen LogP contribution >= 0.6 is 11.8 Å². The molecule has 2 N–H and O–H groups in total. The third-order valence-corrected chi connectivity index (χ3v) is 4.60. The molecule has 114 valence electrons. The van der Waals surface area contributed by atoms with Gasteiger partial charge in [0.2, 0.25) is 5.72 Å². The van der Waals surface area contributed by atoms with E-state index in [9.17, 15) is 9.90 Å². The molecule has 1 aliphatic rings. The van der Waals surface area contributed by atoms with E-state index < -0.39 is 11.7 Å². The molecule has 2 aromatic carbocycles. The van der Waals surface area contributed by atoms with E-state index in [1.165, 1.54) is 0 Å². The van der Waals surface area contributed by atoms with Crippen molar-refractivity contribution in [2.45, 2.75) is 28.9 Å². The van der Waals surface area contributed by atoms with Crippen LogP contribution in [0.4, 0.5) is 5.69 Å². The van der Waals surface area contributed by atoms with Gasteiger partial charge >= 0.3 is 5.97 Å². The van der Waals surface area contributed by atoms with Gasteiger partial charge in [-0.2, -0.15) is 0 Å². The largest absolute Gasteiger partial charge is 0.462 e. The predicted octanol–water partition coefficient (Wildman–Crippen LogP) is 3.06. The molecule has 22 heavy (non-hydrogen) atoms. The zero-order valence-electron chi connectivity index (χ0n) is 12.2. The SMILES string of the molecule is CCOC(=O)C1(O)Cc2c(cccc2Sc2ccccc2)N1. The van der Waals surface area contributed by atoms with Crippen LogP contribution in [0.3, 0.4) is 0 Å². The van der Waals surface area contributed by atoms with Crippen molar-refractivity contribution >= 4 is 23.4 Å². The molecule has 5 heteroatoms. The second kappa shape index (κ2) is 6.02. The quantitative estimate of drug-likeness (QED) is 0.849. The van der Waals surface area contributed by atoms with E-state index in [0.29, 0.717) is 0 Å². The number of fused-ring (bicyclic) bond motifs is 1. The molecule has 0 bridgehead atoms. The first-order chi connectivity index (χ1) is 10.6. The Labute approximate surface area is 133 Å². The average molecular weight is 315 g/mol. The van der Waals surface area contributed by atoms with Crippen LogP contribution in [-0.4, -0.2) is 23.4 Å². The van der Waals surface area contributed by atoms with Crippen LogP contribution in [0, 0.1) is 0 Å². The van der Waals surface area contributed by atoms with Gasteiger partial charge in [0.05, 0.1) is 6.61 Å². The lowest BCUT2D eigenvalue weighted by Gasteiger charge is -2.20. The first-order valence-corrected chi connectivity index (χ1v) is 7.96. The summed E-state index contributed by atoms with van der Waals surface area (Å²) in [5.74, 6) is -0.637. The van der Waals surface area contributed by atoms with E-state index in [1.54, 1.807) is 18.7 Å². The first kappa shape index (κ1) is 14.9. The summed E-state index contributed by atoms with van der Waals surface area (Å²) in [6.07, 6.45) is 0.206. The first-order valence-electron chi connectivity index (χ1n) is 7.15. The van der Waals surface area contributed by atoms with Gasteiger partial charge in [0.15, 0.2) is 0 Å². The normalized spacial score (nSPS) is 19.4. The van der Waals surface area contributed by atoms with Gasteiger partial charge in [-0.25, -0.2) is 4.79 Å². The maximum Gasteiger partial charge on any atom is 0.359 e. The fourth-order valence-corrected chi connectivity index (χ4v) is 3.47. The van der Waals surface area contributed by atoms with E-state index in [1.807, 2.05) is 48.5 Å². The molecular formula is C17H17NO3S. The third kappa shape index (κ3) is 2.82. The number of hydrogen-bond donors (Lipinski definition) is 2. The van der Waals surface area contributed by atoms with Crippen LogP contribution in [0.2, 0.25) is 0 Å². The Hall–Kier alpha value is -1.98. The molecular weight excluding hydrogens is 298 g/mol. The molecule has 0 amide bonds. The third-order valence-electron chi connectivity index (χ3n) is 3.49. The topological polar surface area (TPSA) is 58.6 Å². The highest BCUT2D eigenvalue weighted by Gasteiger charge is 2.44. The predicted molar refractivity (Wildman–Crippen MR) is 85.9 cm³/mol. The number of benzene rings is 2. The van der Waals surface area contributed by atoms with Crippen molar-refractivity contribution in [1.82, 2.24) is 0 Å². The Morgan fingerprint density at radius 3 is 2.77 bits per heavy atom. The molecule has 0 saturated carbocycles. The van der Waals surface area contributed by atoms with Crippen LogP contribution in [0.25, 0.3) is 0 Å². The van der Waals surface area contributed by atoms with Crippen molar-refractivity contribution in [3.8, 4) is 0 Å². The summed E-state index contributed by atoms with van der Waals surface area (Å²) in [6, 6.07) is 15.8. The van der Waals surface area contributed by atoms with Gasteiger partial charge in [-0.15, -0.1) is 0 Å². The van der Waals surface area contributed by atoms with Crippen LogP contribution < -0.4 is 5.32 Å². The minimum atomic E-state index is -1.67. The highest BCUT2D eigenvalue weighted by molar-refractivity contribution is 7.99. The molecule has 0 saturated heterocycles. The highest BCUT2D eigenvalue weighted by Crippen LogP contribution is 2.40.